The van der Waals surface area contributed by atoms with Crippen LogP contribution in [-0.2, 0) is 0 Å². The van der Waals surface area contributed by atoms with E-state index in [9.17, 15) is 4.79 Å². The summed E-state index contributed by atoms with van der Waals surface area (Å²) in [6, 6.07) is 6.04. The summed E-state index contributed by atoms with van der Waals surface area (Å²) in [7, 11) is 1.78. The molecule has 1 aromatic rings. The fraction of sp³-hybridized carbons (Fsp3) is 0.444. The summed E-state index contributed by atoms with van der Waals surface area (Å²) >= 11 is 0. The lowest BCUT2D eigenvalue weighted by atomic mass is 9.97. The second-order valence-corrected chi connectivity index (χ2v) is 6.03. The Hall–Kier alpha value is -2.50. The molecular weight excluding hydrogens is 304 g/mol. The zero-order valence-corrected chi connectivity index (χ0v) is 14.2. The van der Waals surface area contributed by atoms with Crippen LogP contribution >= 0.6 is 0 Å². The molecule has 2 N–H and O–H groups in total. The van der Waals surface area contributed by atoms with Crippen molar-refractivity contribution in [2.75, 3.05) is 31.6 Å². The Morgan fingerprint density at radius 3 is 3.17 bits per heavy atom. The topological polar surface area (TPSA) is 66.0 Å². The molecule has 3 rings (SSSR count). The van der Waals surface area contributed by atoms with Crippen LogP contribution in [0.5, 0.6) is 5.75 Å². The summed E-state index contributed by atoms with van der Waals surface area (Å²) in [5.41, 5.74) is 3.15. The summed E-state index contributed by atoms with van der Waals surface area (Å²) in [5, 5.41) is 6.13. The van der Waals surface area contributed by atoms with Crippen LogP contribution in [0.15, 0.2) is 29.3 Å². The molecule has 1 unspecified atom stereocenters. The normalized spacial score (nSPS) is 20.2. The average Bonchev–Trinajstić information content (AvgIpc) is 3.12. The number of nitrogens with zero attached hydrogens (tertiary/aromatic N) is 2. The van der Waals surface area contributed by atoms with Crippen LogP contribution in [0.25, 0.3) is 5.57 Å². The van der Waals surface area contributed by atoms with Crippen molar-refractivity contribution in [1.82, 2.24) is 10.6 Å². The van der Waals surface area contributed by atoms with E-state index in [0.29, 0.717) is 13.2 Å². The lowest BCUT2D eigenvalue weighted by Gasteiger charge is -2.24. The van der Waals surface area contributed by atoms with Gasteiger partial charge < -0.3 is 15.4 Å². The second kappa shape index (κ2) is 7.38. The fourth-order valence-electron chi connectivity index (χ4n) is 2.86. The number of anilines is 1. The molecule has 0 radical (unpaired) electrons. The Morgan fingerprint density at radius 1 is 1.54 bits per heavy atom. The van der Waals surface area contributed by atoms with Gasteiger partial charge in [-0.15, -0.1) is 0 Å². The number of hydrogen-bond acceptors (Lipinski definition) is 4. The first-order valence-corrected chi connectivity index (χ1v) is 8.43. The zero-order chi connectivity index (χ0) is 16.9. The second-order valence-electron chi connectivity index (χ2n) is 6.03. The molecule has 0 fully saturated rings. The van der Waals surface area contributed by atoms with Crippen LogP contribution in [0.1, 0.15) is 25.3 Å². The number of carbonyl (C=O) groups excluding carboxylic acids is 1. The van der Waals surface area contributed by atoms with Gasteiger partial charge in [0.05, 0.1) is 25.5 Å². The van der Waals surface area contributed by atoms with Crippen molar-refractivity contribution in [1.29, 1.82) is 0 Å². The quantitative estimate of drug-likeness (QED) is 0.892. The number of amides is 2. The molecule has 128 valence electrons. The number of urea groups is 1. The molecule has 0 aliphatic carbocycles. The van der Waals surface area contributed by atoms with Crippen LogP contribution in [-0.4, -0.2) is 45.2 Å². The van der Waals surface area contributed by atoms with E-state index >= 15 is 0 Å². The van der Waals surface area contributed by atoms with E-state index < -0.39 is 0 Å². The largest absolute Gasteiger partial charge is 0.493 e. The van der Waals surface area contributed by atoms with E-state index in [1.54, 1.807) is 18.3 Å². The molecule has 2 amide bonds. The van der Waals surface area contributed by atoms with Crippen LogP contribution in [0, 0.1) is 0 Å². The van der Waals surface area contributed by atoms with Crippen molar-refractivity contribution >= 4 is 23.6 Å². The number of benzene rings is 1. The highest BCUT2D eigenvalue weighted by atomic mass is 16.5. The van der Waals surface area contributed by atoms with Gasteiger partial charge >= 0.3 is 6.03 Å². The van der Waals surface area contributed by atoms with Crippen LogP contribution in [0.4, 0.5) is 10.5 Å². The van der Waals surface area contributed by atoms with Gasteiger partial charge in [0.25, 0.3) is 0 Å². The highest BCUT2D eigenvalue weighted by molar-refractivity contribution is 5.92. The molecule has 2 aliphatic heterocycles. The van der Waals surface area contributed by atoms with Crippen molar-refractivity contribution in [3.8, 4) is 5.75 Å². The Labute approximate surface area is 142 Å². The first-order chi connectivity index (χ1) is 11.7. The molecule has 0 saturated heterocycles. The molecule has 0 spiro atoms. The fourth-order valence-corrected chi connectivity index (χ4v) is 2.86. The van der Waals surface area contributed by atoms with Gasteiger partial charge in [-0.1, -0.05) is 13.0 Å². The van der Waals surface area contributed by atoms with Crippen LogP contribution in [0.3, 0.4) is 0 Å². The Balaban J connectivity index is 1.83. The van der Waals surface area contributed by atoms with E-state index in [1.807, 2.05) is 25.1 Å². The molecule has 1 atom stereocenters. The Bertz CT molecular complexity index is 661. The molecule has 6 nitrogen and oxygen atoms in total. The molecule has 0 bridgehead atoms. The van der Waals surface area contributed by atoms with E-state index in [0.717, 1.165) is 36.4 Å². The predicted octanol–water partition coefficient (Wildman–Crippen LogP) is 2.41. The Morgan fingerprint density at radius 2 is 2.42 bits per heavy atom. The van der Waals surface area contributed by atoms with Gasteiger partial charge in [0.2, 0.25) is 0 Å². The van der Waals surface area contributed by atoms with E-state index in [1.165, 1.54) is 5.57 Å². The number of rotatable bonds is 4. The lowest BCUT2D eigenvalue weighted by Crippen LogP contribution is -2.37. The van der Waals surface area contributed by atoms with E-state index in [-0.39, 0.29) is 12.1 Å². The minimum absolute atomic E-state index is 0.0927. The summed E-state index contributed by atoms with van der Waals surface area (Å²) < 4.78 is 5.77. The molecule has 0 aromatic heterocycles. The molecule has 24 heavy (non-hydrogen) atoms. The predicted molar refractivity (Wildman–Crippen MR) is 96.9 cm³/mol. The van der Waals surface area contributed by atoms with Crippen molar-refractivity contribution in [2.45, 2.75) is 25.8 Å². The van der Waals surface area contributed by atoms with Crippen molar-refractivity contribution in [3.05, 3.63) is 29.8 Å². The highest BCUT2D eigenvalue weighted by Gasteiger charge is 2.20. The smallest absolute Gasteiger partial charge is 0.321 e. The molecular formula is C18H24N4O2. The van der Waals surface area contributed by atoms with E-state index in [4.69, 9.17) is 4.74 Å². The number of ether oxygens (including phenoxy) is 1. The minimum atomic E-state index is -0.0927. The summed E-state index contributed by atoms with van der Waals surface area (Å²) in [6.07, 6.45) is 5.75. The van der Waals surface area contributed by atoms with Gasteiger partial charge in [-0.3, -0.25) is 9.89 Å². The third-order valence-corrected chi connectivity index (χ3v) is 4.24. The first-order valence-electron chi connectivity index (χ1n) is 8.43. The average molecular weight is 328 g/mol. The van der Waals surface area contributed by atoms with Crippen molar-refractivity contribution < 1.29 is 9.53 Å². The standard InChI is InChI=1S/C18H24N4O2/c1-3-7-20-18(23)22(2)15-4-5-17-16(10-15)13(6-8-24-17)9-14-11-19-12-21-14/h4-5,9-10,12,14H,3,6-8,11H2,1-2H3,(H,19,21)(H,20,23)/b13-9+. The maximum atomic E-state index is 12.2. The van der Waals surface area contributed by atoms with Crippen molar-refractivity contribution in [2.24, 2.45) is 4.99 Å². The SMILES string of the molecule is CCCNC(=O)N(C)c1ccc2c(c1)/C(=C/C1CN=CN1)CCO2. The maximum Gasteiger partial charge on any atom is 0.321 e. The van der Waals surface area contributed by atoms with E-state index in [2.05, 4.69) is 21.7 Å². The third kappa shape index (κ3) is 3.53. The van der Waals surface area contributed by atoms with Crippen LogP contribution < -0.4 is 20.3 Å². The molecule has 2 heterocycles. The number of fused-ring (bicyclic) bond motifs is 1. The van der Waals surface area contributed by atoms with Gasteiger partial charge in [0.15, 0.2) is 0 Å². The highest BCUT2D eigenvalue weighted by Crippen LogP contribution is 2.36. The first kappa shape index (κ1) is 16.4. The van der Waals surface area contributed by atoms with Gasteiger partial charge in [0.1, 0.15) is 5.75 Å². The summed E-state index contributed by atoms with van der Waals surface area (Å²) in [5.74, 6) is 0.873. The number of carbonyl (C=O) groups is 1. The lowest BCUT2D eigenvalue weighted by molar-refractivity contribution is 0.247. The number of aliphatic imine (C=N–C) groups is 1. The molecule has 2 aliphatic rings. The molecule has 0 saturated carbocycles. The summed E-state index contributed by atoms with van der Waals surface area (Å²) in [6.45, 7) is 4.15. The maximum absolute atomic E-state index is 12.2. The number of hydrogen-bond donors (Lipinski definition) is 2. The monoisotopic (exact) mass is 328 g/mol. The van der Waals surface area contributed by atoms with Gasteiger partial charge in [-0.2, -0.15) is 0 Å². The number of nitrogens with one attached hydrogen (secondary N) is 2. The zero-order valence-electron chi connectivity index (χ0n) is 14.2. The molecule has 6 heteroatoms. The third-order valence-electron chi connectivity index (χ3n) is 4.24. The van der Waals surface area contributed by atoms with Gasteiger partial charge in [0, 0.05) is 31.3 Å². The van der Waals surface area contributed by atoms with Gasteiger partial charge in [-0.05, 0) is 30.2 Å². The van der Waals surface area contributed by atoms with Crippen LogP contribution in [0.2, 0.25) is 0 Å². The molecule has 1 aromatic carbocycles. The Kier molecular flexibility index (Phi) is 5.03. The minimum Gasteiger partial charge on any atom is -0.493 e. The van der Waals surface area contributed by atoms with Gasteiger partial charge in [-0.25, -0.2) is 4.79 Å². The van der Waals surface area contributed by atoms with Crippen molar-refractivity contribution in [3.63, 3.8) is 0 Å². The summed E-state index contributed by atoms with van der Waals surface area (Å²) in [4.78, 5) is 18.0.